The first-order valence-corrected chi connectivity index (χ1v) is 9.60. The van der Waals surface area contributed by atoms with E-state index in [2.05, 4.69) is 16.6 Å². The molecule has 0 bridgehead atoms. The zero-order valence-corrected chi connectivity index (χ0v) is 16.9. The molecule has 0 saturated heterocycles. The summed E-state index contributed by atoms with van der Waals surface area (Å²) < 4.78 is 44.1. The molecule has 1 rings (SSSR count). The lowest BCUT2D eigenvalue weighted by molar-refractivity contribution is -0.112. The maximum absolute atomic E-state index is 13.7. The van der Waals surface area contributed by atoms with Crippen LogP contribution in [0.1, 0.15) is 27.7 Å². The molecule has 0 radical (unpaired) electrons. The minimum absolute atomic E-state index is 0.0709. The van der Waals surface area contributed by atoms with Crippen LogP contribution in [0, 0.1) is 5.82 Å². The molecule has 0 unspecified atom stereocenters. The second kappa shape index (κ2) is 8.85. The molecule has 0 aliphatic rings. The number of nitrogens with one attached hydrogen (secondary N) is 2. The number of rotatable bonds is 7. The largest absolute Gasteiger partial charge is 0.494 e. The van der Waals surface area contributed by atoms with E-state index in [-0.39, 0.29) is 22.7 Å². The van der Waals surface area contributed by atoms with Gasteiger partial charge in [-0.25, -0.2) is 12.8 Å². The van der Waals surface area contributed by atoms with Crippen LogP contribution < -0.4 is 14.8 Å². The first-order chi connectivity index (χ1) is 12.4. The van der Waals surface area contributed by atoms with E-state index < -0.39 is 26.5 Å². The molecule has 27 heavy (non-hydrogen) atoms. The van der Waals surface area contributed by atoms with Gasteiger partial charge in [0.05, 0.1) is 11.9 Å². The van der Waals surface area contributed by atoms with E-state index in [1.165, 1.54) is 37.5 Å². The number of allylic oxidation sites excluding steroid dienone is 2. The Morgan fingerprint density at radius 1 is 1.26 bits per heavy atom. The van der Waals surface area contributed by atoms with Gasteiger partial charge in [-0.15, -0.1) is 0 Å². The van der Waals surface area contributed by atoms with Crippen molar-refractivity contribution in [3.8, 4) is 5.75 Å². The van der Waals surface area contributed by atoms with Crippen LogP contribution in [0.25, 0.3) is 0 Å². The van der Waals surface area contributed by atoms with Crippen LogP contribution >= 0.6 is 0 Å². The van der Waals surface area contributed by atoms with Crippen molar-refractivity contribution in [2.24, 2.45) is 0 Å². The topological polar surface area (TPSA) is 84.5 Å². The van der Waals surface area contributed by atoms with E-state index in [4.69, 9.17) is 4.74 Å². The highest BCUT2D eigenvalue weighted by Gasteiger charge is 2.28. The summed E-state index contributed by atoms with van der Waals surface area (Å²) in [5.41, 5.74) is 0.633. The molecule has 0 aliphatic heterocycles. The summed E-state index contributed by atoms with van der Waals surface area (Å²) in [6.45, 7) is 9.96. The SMILES string of the molecule is C=C(/C=C\C(=C/C)C(=O)Nc1ccc(OC)c(F)c1)NS(=O)(=O)C(C)(C)C. The molecule has 148 valence electrons. The summed E-state index contributed by atoms with van der Waals surface area (Å²) in [4.78, 5) is 12.3. The summed E-state index contributed by atoms with van der Waals surface area (Å²) in [6.07, 6.45) is 4.34. The standard InChI is InChI=1S/C19H25FN2O4S/c1-7-14(9-8-13(2)22-27(24,25)19(3,4)5)18(23)21-15-10-11-17(26-6)16(20)12-15/h7-12,22H,2H2,1,3-6H3,(H,21,23)/b9-8-,14-7+. The number of sulfonamides is 1. The normalized spacial score (nSPS) is 12.7. The van der Waals surface area contributed by atoms with Crippen LogP contribution in [0.5, 0.6) is 5.75 Å². The maximum atomic E-state index is 13.7. The van der Waals surface area contributed by atoms with Gasteiger partial charge in [0.15, 0.2) is 11.6 Å². The van der Waals surface area contributed by atoms with E-state index in [0.717, 1.165) is 6.07 Å². The fraction of sp³-hybridized carbons (Fsp3) is 0.316. The molecule has 6 nitrogen and oxygen atoms in total. The zero-order valence-electron chi connectivity index (χ0n) is 16.1. The third-order valence-corrected chi connectivity index (χ3v) is 5.66. The van der Waals surface area contributed by atoms with Gasteiger partial charge in [0.2, 0.25) is 10.0 Å². The van der Waals surface area contributed by atoms with Crippen molar-refractivity contribution in [2.45, 2.75) is 32.4 Å². The molecule has 0 atom stereocenters. The minimum Gasteiger partial charge on any atom is -0.494 e. The second-order valence-electron chi connectivity index (χ2n) is 6.62. The molecule has 1 amide bonds. The Morgan fingerprint density at radius 3 is 2.37 bits per heavy atom. The number of hydrogen-bond donors (Lipinski definition) is 2. The highest BCUT2D eigenvalue weighted by Crippen LogP contribution is 2.21. The Hall–Kier alpha value is -2.61. The van der Waals surface area contributed by atoms with Gasteiger partial charge in [-0.2, -0.15) is 0 Å². The Kier molecular flexibility index (Phi) is 7.36. The number of ether oxygens (including phenoxy) is 1. The molecule has 0 spiro atoms. The lowest BCUT2D eigenvalue weighted by Gasteiger charge is -2.20. The Labute approximate surface area is 159 Å². The van der Waals surface area contributed by atoms with Crippen molar-refractivity contribution in [1.82, 2.24) is 4.72 Å². The van der Waals surface area contributed by atoms with E-state index in [1.54, 1.807) is 27.7 Å². The molecule has 0 fully saturated rings. The smallest absolute Gasteiger partial charge is 0.255 e. The van der Waals surface area contributed by atoms with Gasteiger partial charge in [-0.1, -0.05) is 12.7 Å². The van der Waals surface area contributed by atoms with E-state index in [0.29, 0.717) is 0 Å². The van der Waals surface area contributed by atoms with E-state index in [9.17, 15) is 17.6 Å². The number of hydrogen-bond acceptors (Lipinski definition) is 4. The lowest BCUT2D eigenvalue weighted by Crippen LogP contribution is -2.38. The third-order valence-electron chi connectivity index (χ3n) is 3.52. The van der Waals surface area contributed by atoms with Crippen LogP contribution in [0.4, 0.5) is 10.1 Å². The van der Waals surface area contributed by atoms with E-state index in [1.807, 2.05) is 0 Å². The van der Waals surface area contributed by atoms with E-state index >= 15 is 0 Å². The number of methoxy groups -OCH3 is 1. The second-order valence-corrected chi connectivity index (χ2v) is 9.06. The van der Waals surface area contributed by atoms with Crippen LogP contribution in [0.3, 0.4) is 0 Å². The Morgan fingerprint density at radius 2 is 1.89 bits per heavy atom. The number of carbonyl (C=O) groups excluding carboxylic acids is 1. The quantitative estimate of drug-likeness (QED) is 0.546. The fourth-order valence-corrected chi connectivity index (χ4v) is 2.52. The number of benzene rings is 1. The van der Waals surface area contributed by atoms with Crippen molar-refractivity contribution in [3.63, 3.8) is 0 Å². The van der Waals surface area contributed by atoms with Crippen LogP contribution in [-0.4, -0.2) is 26.2 Å². The number of amides is 1. The van der Waals surface area contributed by atoms with Crippen LogP contribution in [0.15, 0.2) is 54.3 Å². The number of anilines is 1. The first-order valence-electron chi connectivity index (χ1n) is 8.12. The van der Waals surface area contributed by atoms with Gasteiger partial charge in [0.25, 0.3) is 5.91 Å². The Bertz CT molecular complexity index is 881. The first kappa shape index (κ1) is 22.4. The third kappa shape index (κ3) is 6.25. The summed E-state index contributed by atoms with van der Waals surface area (Å²) in [5.74, 6) is -1.01. The van der Waals surface area contributed by atoms with Crippen molar-refractivity contribution < 1.29 is 22.3 Å². The van der Waals surface area contributed by atoms with Crippen LogP contribution in [-0.2, 0) is 14.8 Å². The minimum atomic E-state index is -3.61. The highest BCUT2D eigenvalue weighted by molar-refractivity contribution is 7.90. The van der Waals surface area contributed by atoms with Crippen molar-refractivity contribution in [2.75, 3.05) is 12.4 Å². The summed E-state index contributed by atoms with van der Waals surface area (Å²) >= 11 is 0. The van der Waals surface area contributed by atoms with Crippen molar-refractivity contribution >= 4 is 21.6 Å². The maximum Gasteiger partial charge on any atom is 0.255 e. The average molecular weight is 396 g/mol. The molecule has 0 saturated carbocycles. The average Bonchev–Trinajstić information content (AvgIpc) is 2.54. The molecule has 0 heterocycles. The van der Waals surface area contributed by atoms with Gasteiger partial charge in [0.1, 0.15) is 0 Å². The molecule has 1 aromatic rings. The van der Waals surface area contributed by atoms with Gasteiger partial charge in [-0.05, 0) is 52.0 Å². The molecule has 0 aliphatic carbocycles. The summed E-state index contributed by atoms with van der Waals surface area (Å²) in [5, 5.41) is 2.56. The molecule has 8 heteroatoms. The monoisotopic (exact) mass is 396 g/mol. The molecule has 0 aromatic heterocycles. The van der Waals surface area contributed by atoms with Gasteiger partial charge >= 0.3 is 0 Å². The van der Waals surface area contributed by atoms with Gasteiger partial charge in [-0.3, -0.25) is 9.52 Å². The molecular formula is C19H25FN2O4S. The van der Waals surface area contributed by atoms with Gasteiger partial charge < -0.3 is 10.1 Å². The zero-order chi connectivity index (χ0) is 20.8. The predicted octanol–water partition coefficient (Wildman–Crippen LogP) is 3.51. The predicted molar refractivity (Wildman–Crippen MR) is 105 cm³/mol. The highest BCUT2D eigenvalue weighted by atomic mass is 32.2. The molecular weight excluding hydrogens is 371 g/mol. The fourth-order valence-electron chi connectivity index (χ4n) is 1.80. The lowest BCUT2D eigenvalue weighted by atomic mass is 10.2. The summed E-state index contributed by atoms with van der Waals surface area (Å²) in [6, 6.07) is 4.05. The van der Waals surface area contributed by atoms with Gasteiger partial charge in [0, 0.05) is 23.0 Å². The Balaban J connectivity index is 2.84. The molecule has 2 N–H and O–H groups in total. The number of carbonyl (C=O) groups is 1. The van der Waals surface area contributed by atoms with Crippen LogP contribution in [0.2, 0.25) is 0 Å². The van der Waals surface area contributed by atoms with Crippen molar-refractivity contribution in [3.05, 3.63) is 60.1 Å². The number of halogens is 1. The summed E-state index contributed by atoms with van der Waals surface area (Å²) in [7, 11) is -2.26. The molecule has 1 aromatic carbocycles. The van der Waals surface area contributed by atoms with Crippen molar-refractivity contribution in [1.29, 1.82) is 0 Å².